The van der Waals surface area contributed by atoms with Gasteiger partial charge >= 0.3 is 11.7 Å². The van der Waals surface area contributed by atoms with Crippen molar-refractivity contribution in [2.24, 2.45) is 0 Å². The van der Waals surface area contributed by atoms with Crippen LogP contribution in [0.1, 0.15) is 45.1 Å². The van der Waals surface area contributed by atoms with Crippen LogP contribution < -0.4 is 4.74 Å². The first-order chi connectivity index (χ1) is 15.8. The Morgan fingerprint density at radius 1 is 1.27 bits per heavy atom. The van der Waals surface area contributed by atoms with Gasteiger partial charge in [-0.3, -0.25) is 4.79 Å². The second kappa shape index (κ2) is 11.1. The molecule has 0 spiro atoms. The van der Waals surface area contributed by atoms with Gasteiger partial charge in [-0.1, -0.05) is 12.2 Å². The average Bonchev–Trinajstić information content (AvgIpc) is 3.04. The average molecular weight is 444 g/mol. The van der Waals surface area contributed by atoms with E-state index < -0.39 is 11.6 Å². The molecule has 0 fully saturated rings. The zero-order chi connectivity index (χ0) is 24.4. The first kappa shape index (κ1) is 24.7. The lowest BCUT2D eigenvalue weighted by Crippen LogP contribution is -2.20. The van der Waals surface area contributed by atoms with Crippen molar-refractivity contribution >= 4 is 17.7 Å². The molecule has 9 nitrogen and oxygen atoms in total. The van der Waals surface area contributed by atoms with Crippen LogP contribution >= 0.6 is 0 Å². The third-order valence-electron chi connectivity index (χ3n) is 4.85. The van der Waals surface area contributed by atoms with Crippen molar-refractivity contribution < 1.29 is 19.4 Å². The standard InChI is InChI=1S/C24H21N5O4/c1-24(2)17(22(28-4)23(33-24)19(15-25)27-3)11-9-16-10-12-18(29-26)20(14-16)32-13-7-5-6-8-21(30)31/h9-12,14H,5-8,13H2,1-2H3/p+1. The van der Waals surface area contributed by atoms with Gasteiger partial charge in [0.2, 0.25) is 16.8 Å². The minimum Gasteiger partial charge on any atom is -0.505 e. The Hall–Kier alpha value is -4.60. The molecule has 0 saturated carbocycles. The third-order valence-corrected chi connectivity index (χ3v) is 4.85. The summed E-state index contributed by atoms with van der Waals surface area (Å²) in [5, 5.41) is 27.1. The zero-order valence-corrected chi connectivity index (χ0v) is 18.3. The lowest BCUT2D eigenvalue weighted by Gasteiger charge is -2.22. The van der Waals surface area contributed by atoms with Crippen molar-refractivity contribution in [1.82, 2.24) is 0 Å². The van der Waals surface area contributed by atoms with Gasteiger partial charge < -0.3 is 14.6 Å². The maximum absolute atomic E-state index is 10.6. The Morgan fingerprint density at radius 2 is 2.03 bits per heavy atom. The highest BCUT2D eigenvalue weighted by atomic mass is 16.5. The van der Waals surface area contributed by atoms with E-state index in [1.54, 1.807) is 50.3 Å². The SMILES string of the molecule is [C-]#[N+]C(C#N)=C1OC(C)(C)C(C=Cc2ccc([N+]#N)c(OCCCCCC(=O)O)c2)=C1[N+]#[C-]. The van der Waals surface area contributed by atoms with E-state index in [2.05, 4.69) is 14.7 Å². The molecule has 1 heterocycles. The summed E-state index contributed by atoms with van der Waals surface area (Å²) in [5.41, 5.74) is 0.423. The van der Waals surface area contributed by atoms with Crippen molar-refractivity contribution in [3.8, 4) is 11.8 Å². The Kier molecular flexibility index (Phi) is 8.33. The second-order valence-corrected chi connectivity index (χ2v) is 7.60. The molecule has 0 unspecified atom stereocenters. The number of hydrogen-bond donors (Lipinski definition) is 1. The van der Waals surface area contributed by atoms with Gasteiger partial charge in [-0.15, -0.1) is 0 Å². The van der Waals surface area contributed by atoms with Gasteiger partial charge in [0.05, 0.1) is 25.8 Å². The molecule has 0 amide bonds. The van der Waals surface area contributed by atoms with Crippen molar-refractivity contribution in [3.05, 3.63) is 80.4 Å². The molecule has 1 aromatic rings. The fourth-order valence-corrected chi connectivity index (χ4v) is 3.19. The third kappa shape index (κ3) is 6.20. The van der Waals surface area contributed by atoms with E-state index in [-0.39, 0.29) is 29.3 Å². The van der Waals surface area contributed by atoms with E-state index in [0.717, 1.165) is 0 Å². The van der Waals surface area contributed by atoms with Crippen LogP contribution in [-0.2, 0) is 9.53 Å². The number of ether oxygens (including phenoxy) is 2. The topological polar surface area (TPSA) is 116 Å². The molecule has 0 aromatic heterocycles. The number of benzene rings is 1. The summed E-state index contributed by atoms with van der Waals surface area (Å²) in [6.45, 7) is 18.5. The highest BCUT2D eigenvalue weighted by Gasteiger charge is 2.38. The molecular weight excluding hydrogens is 422 g/mol. The monoisotopic (exact) mass is 444 g/mol. The number of carboxylic acid groups (broad SMARTS) is 1. The van der Waals surface area contributed by atoms with Gasteiger partial charge in [0.15, 0.2) is 4.98 Å². The quantitative estimate of drug-likeness (QED) is 0.221. The molecule has 1 N–H and O–H groups in total. The molecule has 0 aliphatic carbocycles. The summed E-state index contributed by atoms with van der Waals surface area (Å²) in [6, 6.07) is 6.74. The van der Waals surface area contributed by atoms with Crippen molar-refractivity contribution in [1.29, 1.82) is 10.7 Å². The molecule has 1 aliphatic heterocycles. The van der Waals surface area contributed by atoms with Crippen molar-refractivity contribution in [3.63, 3.8) is 0 Å². The Bertz CT molecular complexity index is 1180. The van der Waals surface area contributed by atoms with Crippen LogP contribution in [0.25, 0.3) is 20.7 Å². The van der Waals surface area contributed by atoms with Crippen molar-refractivity contribution in [2.45, 2.75) is 45.1 Å². The Balaban J connectivity index is 2.25. The van der Waals surface area contributed by atoms with E-state index in [4.69, 9.17) is 27.7 Å². The molecule has 33 heavy (non-hydrogen) atoms. The van der Waals surface area contributed by atoms with Gasteiger partial charge in [-0.25, -0.2) is 15.0 Å². The minimum absolute atomic E-state index is 0.0199. The summed E-state index contributed by atoms with van der Waals surface area (Å²) in [6.07, 6.45) is 5.46. The van der Waals surface area contributed by atoms with Gasteiger partial charge in [-0.2, -0.15) is 0 Å². The molecule has 1 aliphatic rings. The largest absolute Gasteiger partial charge is 0.505 e. The molecule has 166 valence electrons. The molecule has 1 aromatic carbocycles. The molecule has 0 saturated heterocycles. The predicted octanol–water partition coefficient (Wildman–Crippen LogP) is 5.84. The van der Waals surface area contributed by atoms with Crippen molar-refractivity contribution in [2.75, 3.05) is 6.61 Å². The van der Waals surface area contributed by atoms with E-state index in [1.165, 1.54) is 0 Å². The highest BCUT2D eigenvalue weighted by Crippen LogP contribution is 2.41. The van der Waals surface area contributed by atoms with Crippen LogP contribution in [0.15, 0.2) is 47.0 Å². The van der Waals surface area contributed by atoms with Crippen LogP contribution in [0, 0.1) is 29.9 Å². The van der Waals surface area contributed by atoms with Crippen LogP contribution in [-0.4, -0.2) is 23.3 Å². The lowest BCUT2D eigenvalue weighted by atomic mass is 9.96. The predicted molar refractivity (Wildman–Crippen MR) is 120 cm³/mol. The molecule has 2 rings (SSSR count). The number of carboxylic acids is 1. The fraction of sp³-hybridized carbons (Fsp3) is 0.333. The Morgan fingerprint density at radius 3 is 2.64 bits per heavy atom. The summed E-state index contributed by atoms with van der Waals surface area (Å²) in [5.74, 6) is -0.488. The number of nitriles is 1. The van der Waals surface area contributed by atoms with Crippen LogP contribution in [0.3, 0.4) is 0 Å². The van der Waals surface area contributed by atoms with Crippen LogP contribution in [0.4, 0.5) is 5.69 Å². The summed E-state index contributed by atoms with van der Waals surface area (Å²) < 4.78 is 11.5. The van der Waals surface area contributed by atoms with Gasteiger partial charge in [0.1, 0.15) is 11.4 Å². The highest BCUT2D eigenvalue weighted by molar-refractivity contribution is 5.67. The molecule has 0 bridgehead atoms. The minimum atomic E-state index is -0.909. The smallest absolute Gasteiger partial charge is 0.426 e. The van der Waals surface area contributed by atoms with E-state index in [0.29, 0.717) is 42.8 Å². The number of aliphatic carboxylic acids is 1. The van der Waals surface area contributed by atoms with Gasteiger partial charge in [0.25, 0.3) is 5.70 Å². The van der Waals surface area contributed by atoms with Crippen LogP contribution in [0.5, 0.6) is 5.75 Å². The number of hydrogen-bond acceptors (Lipinski definition) is 5. The Labute approximate surface area is 192 Å². The first-order valence-electron chi connectivity index (χ1n) is 10.1. The summed E-state index contributed by atoms with van der Waals surface area (Å²) >= 11 is 0. The number of allylic oxidation sites excluding steroid dienone is 1. The zero-order valence-electron chi connectivity index (χ0n) is 18.3. The van der Waals surface area contributed by atoms with Gasteiger partial charge in [-0.05, 0) is 50.8 Å². The summed E-state index contributed by atoms with van der Waals surface area (Å²) in [7, 11) is 0. The van der Waals surface area contributed by atoms with Crippen LogP contribution in [0.2, 0.25) is 0 Å². The lowest BCUT2D eigenvalue weighted by molar-refractivity contribution is -0.137. The molecular formula is C24H22N5O4+. The maximum Gasteiger partial charge on any atom is 0.426 e. The maximum atomic E-state index is 10.6. The van der Waals surface area contributed by atoms with E-state index >= 15 is 0 Å². The van der Waals surface area contributed by atoms with E-state index in [1.807, 2.05) is 0 Å². The summed E-state index contributed by atoms with van der Waals surface area (Å²) in [4.78, 5) is 20.4. The number of rotatable bonds is 9. The number of carbonyl (C=O) groups is 1. The normalized spacial score (nSPS) is 15.7. The molecule has 0 atom stereocenters. The van der Waals surface area contributed by atoms with E-state index in [9.17, 15) is 15.4 Å². The molecule has 9 heteroatoms. The number of nitrogens with zero attached hydrogens (tertiary/aromatic N) is 5. The number of diazo groups is 1. The first-order valence-corrected chi connectivity index (χ1v) is 10.1. The fourth-order valence-electron chi connectivity index (χ4n) is 3.19. The number of unbranched alkanes of at least 4 members (excludes halogenated alkanes) is 2. The van der Waals surface area contributed by atoms with Gasteiger partial charge in [0, 0.05) is 18.1 Å². The molecule has 0 radical (unpaired) electrons. The second-order valence-electron chi connectivity index (χ2n) is 7.60.